The van der Waals surface area contributed by atoms with E-state index in [0.29, 0.717) is 5.56 Å². The molecular weight excluding hydrogens is 469 g/mol. The summed E-state index contributed by atoms with van der Waals surface area (Å²) in [5.74, 6) is -0.624. The molecule has 4 aromatic rings. The minimum absolute atomic E-state index is 0.0174. The second kappa shape index (κ2) is 9.79. The number of rotatable bonds is 7. The van der Waals surface area contributed by atoms with E-state index in [2.05, 4.69) is 24.7 Å². The number of carbonyl (C=O) groups is 1. The van der Waals surface area contributed by atoms with Gasteiger partial charge in [0.05, 0.1) is 20.1 Å². The molecule has 0 bridgehead atoms. The molecule has 0 N–H and O–H groups in total. The van der Waals surface area contributed by atoms with E-state index in [1.165, 1.54) is 36.1 Å². The number of hydrogen-bond donors (Lipinski definition) is 0. The number of aromatic nitrogens is 4. The van der Waals surface area contributed by atoms with Crippen LogP contribution in [0, 0.1) is 0 Å². The summed E-state index contributed by atoms with van der Waals surface area (Å²) < 4.78 is 51.9. The fourth-order valence-electron chi connectivity index (χ4n) is 3.18. The highest BCUT2D eigenvalue weighted by Crippen LogP contribution is 2.26. The van der Waals surface area contributed by atoms with Crippen LogP contribution >= 0.6 is 0 Å². The summed E-state index contributed by atoms with van der Waals surface area (Å²) in [6.07, 6.45) is -4.70. The molecule has 0 aliphatic carbocycles. The van der Waals surface area contributed by atoms with Crippen LogP contribution in [-0.4, -0.2) is 39.4 Å². The number of alkyl halides is 3. The fourth-order valence-corrected chi connectivity index (χ4v) is 3.18. The summed E-state index contributed by atoms with van der Waals surface area (Å²) in [7, 11) is 1.31. The van der Waals surface area contributed by atoms with E-state index >= 15 is 0 Å². The van der Waals surface area contributed by atoms with E-state index < -0.39 is 6.36 Å². The van der Waals surface area contributed by atoms with Gasteiger partial charge in [-0.2, -0.15) is 10.1 Å². The van der Waals surface area contributed by atoms with E-state index in [1.807, 2.05) is 0 Å². The number of methoxy groups -OCH3 is 1. The number of nitrogens with zero attached hydrogens (tertiary/aromatic N) is 4. The van der Waals surface area contributed by atoms with Crippen LogP contribution in [-0.2, 0) is 22.5 Å². The van der Waals surface area contributed by atoms with Crippen molar-refractivity contribution in [2.75, 3.05) is 7.11 Å². The summed E-state index contributed by atoms with van der Waals surface area (Å²) in [6.45, 7) is 0.128. The van der Waals surface area contributed by atoms with Crippen molar-refractivity contribution in [3.63, 3.8) is 0 Å². The minimum Gasteiger partial charge on any atom is -0.469 e. The van der Waals surface area contributed by atoms with Crippen LogP contribution in [0.4, 0.5) is 13.2 Å². The van der Waals surface area contributed by atoms with Gasteiger partial charge in [-0.05, 0) is 41.5 Å². The van der Waals surface area contributed by atoms with Gasteiger partial charge in [-0.1, -0.05) is 29.4 Å². The molecule has 0 saturated carbocycles. The lowest BCUT2D eigenvalue weighted by molar-refractivity contribution is -0.274. The van der Waals surface area contributed by atoms with Gasteiger partial charge in [0.2, 0.25) is 5.82 Å². The highest BCUT2D eigenvalue weighted by Gasteiger charge is 2.31. The molecule has 0 atom stereocenters. The number of halogens is 3. The molecule has 2 aromatic heterocycles. The maximum Gasteiger partial charge on any atom is 0.573 e. The second-order valence-electron chi connectivity index (χ2n) is 7.28. The number of benzene rings is 2. The maximum absolute atomic E-state index is 12.3. The normalized spacial score (nSPS) is 11.3. The summed E-state index contributed by atoms with van der Waals surface area (Å²) in [4.78, 5) is 28.1. The monoisotopic (exact) mass is 486 g/mol. The fraction of sp³-hybridized carbons (Fsp3) is 0.174. The van der Waals surface area contributed by atoms with Gasteiger partial charge in [-0.15, -0.1) is 13.2 Å². The lowest BCUT2D eigenvalue weighted by atomic mass is 10.1. The van der Waals surface area contributed by atoms with Crippen molar-refractivity contribution in [2.24, 2.45) is 0 Å². The van der Waals surface area contributed by atoms with Gasteiger partial charge in [0.1, 0.15) is 11.4 Å². The number of esters is 1. The topological polar surface area (TPSA) is 109 Å². The molecule has 0 aliphatic heterocycles. The molecule has 2 heterocycles. The summed E-state index contributed by atoms with van der Waals surface area (Å²) >= 11 is 0. The van der Waals surface area contributed by atoms with Crippen molar-refractivity contribution >= 4 is 5.97 Å². The van der Waals surface area contributed by atoms with Gasteiger partial charge in [0.25, 0.3) is 11.4 Å². The Morgan fingerprint density at radius 2 is 1.80 bits per heavy atom. The van der Waals surface area contributed by atoms with Crippen LogP contribution in [0.1, 0.15) is 11.1 Å². The number of ether oxygens (including phenoxy) is 2. The van der Waals surface area contributed by atoms with Gasteiger partial charge in [-0.25, -0.2) is 4.68 Å². The van der Waals surface area contributed by atoms with Crippen molar-refractivity contribution in [3.05, 3.63) is 82.1 Å². The highest BCUT2D eigenvalue weighted by molar-refractivity contribution is 5.72. The SMILES string of the molecule is COC(=O)Cc1cccc(Cn2nc(-c3nc(-c4ccc(OC(F)(F)F)cc4)no3)ccc2=O)c1. The first kappa shape index (κ1) is 23.7. The molecule has 2 aromatic carbocycles. The smallest absolute Gasteiger partial charge is 0.469 e. The van der Waals surface area contributed by atoms with Gasteiger partial charge in [-0.3, -0.25) is 9.59 Å². The Bertz CT molecular complexity index is 1400. The molecule has 9 nitrogen and oxygen atoms in total. The van der Waals surface area contributed by atoms with E-state index in [1.54, 1.807) is 24.3 Å². The quantitative estimate of drug-likeness (QED) is 0.365. The summed E-state index contributed by atoms with van der Waals surface area (Å²) in [6, 6.07) is 14.8. The molecule has 12 heteroatoms. The maximum atomic E-state index is 12.3. The molecule has 35 heavy (non-hydrogen) atoms. The molecule has 0 saturated heterocycles. The third-order valence-corrected chi connectivity index (χ3v) is 4.76. The molecule has 0 aliphatic rings. The Morgan fingerprint density at radius 1 is 1.06 bits per heavy atom. The lowest BCUT2D eigenvalue weighted by Gasteiger charge is -2.08. The van der Waals surface area contributed by atoms with Crippen molar-refractivity contribution in [3.8, 4) is 28.7 Å². The van der Waals surface area contributed by atoms with E-state index in [4.69, 9.17) is 4.52 Å². The molecule has 0 fully saturated rings. The molecule has 0 radical (unpaired) electrons. The standard InChI is InChI=1S/C23H17F3N4O5/c1-33-20(32)12-14-3-2-4-15(11-14)13-30-19(31)10-9-18(28-30)22-27-21(29-35-22)16-5-7-17(8-6-16)34-23(24,25)26/h2-11H,12-13H2,1H3. The third-order valence-electron chi connectivity index (χ3n) is 4.76. The Kier molecular flexibility index (Phi) is 6.62. The molecule has 0 spiro atoms. The zero-order valence-corrected chi connectivity index (χ0v) is 18.2. The van der Waals surface area contributed by atoms with Crippen molar-refractivity contribution in [2.45, 2.75) is 19.3 Å². The predicted molar refractivity (Wildman–Crippen MR) is 115 cm³/mol. The van der Waals surface area contributed by atoms with Crippen LogP contribution in [0.25, 0.3) is 23.0 Å². The van der Waals surface area contributed by atoms with Crippen LogP contribution < -0.4 is 10.3 Å². The second-order valence-corrected chi connectivity index (χ2v) is 7.28. The first-order valence-electron chi connectivity index (χ1n) is 10.1. The van der Waals surface area contributed by atoms with Gasteiger partial charge in [0.15, 0.2) is 0 Å². The highest BCUT2D eigenvalue weighted by atomic mass is 19.4. The Hall–Kier alpha value is -4.48. The van der Waals surface area contributed by atoms with Crippen LogP contribution in [0.5, 0.6) is 5.75 Å². The van der Waals surface area contributed by atoms with E-state index in [-0.39, 0.29) is 47.7 Å². The van der Waals surface area contributed by atoms with Crippen molar-refractivity contribution < 1.29 is 32.0 Å². The molecule has 0 unspecified atom stereocenters. The molecule has 4 rings (SSSR count). The zero-order chi connectivity index (χ0) is 25.0. The van der Waals surface area contributed by atoms with Crippen LogP contribution in [0.2, 0.25) is 0 Å². The number of hydrogen-bond acceptors (Lipinski definition) is 8. The Balaban J connectivity index is 1.53. The van der Waals surface area contributed by atoms with Crippen LogP contribution in [0.3, 0.4) is 0 Å². The van der Waals surface area contributed by atoms with Gasteiger partial charge < -0.3 is 14.0 Å². The average Bonchev–Trinajstić information content (AvgIpc) is 3.30. The number of carbonyl (C=O) groups excluding carboxylic acids is 1. The zero-order valence-electron chi connectivity index (χ0n) is 18.2. The largest absolute Gasteiger partial charge is 0.573 e. The molecule has 180 valence electrons. The summed E-state index contributed by atoms with van der Waals surface area (Å²) in [5, 5.41) is 8.11. The Morgan fingerprint density at radius 3 is 2.51 bits per heavy atom. The van der Waals surface area contributed by atoms with Crippen molar-refractivity contribution in [1.29, 1.82) is 0 Å². The lowest BCUT2D eigenvalue weighted by Crippen LogP contribution is -2.23. The molecular formula is C23H17F3N4O5. The molecule has 0 amide bonds. The van der Waals surface area contributed by atoms with E-state index in [9.17, 15) is 22.8 Å². The van der Waals surface area contributed by atoms with Gasteiger partial charge in [0, 0.05) is 11.6 Å². The first-order chi connectivity index (χ1) is 16.7. The minimum atomic E-state index is -4.79. The third kappa shape index (κ3) is 6.10. The van der Waals surface area contributed by atoms with Crippen molar-refractivity contribution in [1.82, 2.24) is 19.9 Å². The first-order valence-corrected chi connectivity index (χ1v) is 10.1. The van der Waals surface area contributed by atoms with Crippen LogP contribution in [0.15, 0.2) is 70.0 Å². The predicted octanol–water partition coefficient (Wildman–Crippen LogP) is 3.62. The van der Waals surface area contributed by atoms with E-state index in [0.717, 1.165) is 23.3 Å². The van der Waals surface area contributed by atoms with Gasteiger partial charge >= 0.3 is 12.3 Å². The Labute approximate surface area is 195 Å². The average molecular weight is 486 g/mol. The summed E-state index contributed by atoms with van der Waals surface area (Å²) in [5.41, 5.74) is 1.72.